The second-order valence-corrected chi connectivity index (χ2v) is 6.89. The van der Waals surface area contributed by atoms with E-state index in [2.05, 4.69) is 20.7 Å². The lowest BCUT2D eigenvalue weighted by molar-refractivity contribution is -0.0361. The lowest BCUT2D eigenvalue weighted by Gasteiger charge is -2.29. The summed E-state index contributed by atoms with van der Waals surface area (Å²) in [5, 5.41) is 10.7. The summed E-state index contributed by atoms with van der Waals surface area (Å²) in [6, 6.07) is 3.32. The van der Waals surface area contributed by atoms with Gasteiger partial charge in [0, 0.05) is 49.4 Å². The van der Waals surface area contributed by atoms with Crippen LogP contribution in [0.25, 0.3) is 5.82 Å². The van der Waals surface area contributed by atoms with Crippen molar-refractivity contribution in [3.05, 3.63) is 29.6 Å². The zero-order valence-corrected chi connectivity index (χ0v) is 16.3. The Hall–Kier alpha value is -2.71. The van der Waals surface area contributed by atoms with Crippen molar-refractivity contribution >= 4 is 17.5 Å². The quantitative estimate of drug-likeness (QED) is 0.727. The number of halogens is 2. The molecule has 0 spiro atoms. The van der Waals surface area contributed by atoms with Crippen molar-refractivity contribution in [3.63, 3.8) is 0 Å². The average Bonchev–Trinajstić information content (AvgIpc) is 3.15. The van der Waals surface area contributed by atoms with E-state index in [1.165, 1.54) is 4.68 Å². The highest BCUT2D eigenvalue weighted by atomic mass is 19.3. The minimum atomic E-state index is -2.57. The normalized spacial score (nSPS) is 16.6. The van der Waals surface area contributed by atoms with E-state index in [1.54, 1.807) is 26.2 Å². The Balaban J connectivity index is 1.85. The van der Waals surface area contributed by atoms with Crippen LogP contribution < -0.4 is 10.6 Å². The molecule has 1 aliphatic rings. The van der Waals surface area contributed by atoms with Crippen molar-refractivity contribution in [2.75, 3.05) is 24.3 Å². The van der Waals surface area contributed by atoms with Crippen molar-refractivity contribution in [2.24, 2.45) is 0 Å². The second-order valence-electron chi connectivity index (χ2n) is 6.89. The summed E-state index contributed by atoms with van der Waals surface area (Å²) in [6.07, 6.45) is 2.17. The summed E-state index contributed by atoms with van der Waals surface area (Å²) in [5.41, 5.74) is 1.92. The van der Waals surface area contributed by atoms with E-state index in [9.17, 15) is 13.6 Å². The predicted molar refractivity (Wildman–Crippen MR) is 102 cm³/mol. The largest absolute Gasteiger partial charge is 0.461 e. The number of alkyl halides is 2. The molecule has 0 amide bonds. The highest BCUT2D eigenvalue weighted by Gasteiger charge is 2.35. The SMILES string of the molecule is CCOC(=O)c1ccn(-c2cc(NC)c(C)c(NC3CCC(F)(F)CC3)n2)n1. The molecule has 2 heterocycles. The van der Waals surface area contributed by atoms with E-state index in [1.807, 2.05) is 13.0 Å². The number of hydrogen-bond donors (Lipinski definition) is 2. The summed E-state index contributed by atoms with van der Waals surface area (Å²) in [4.78, 5) is 16.5. The Morgan fingerprint density at radius 1 is 1.39 bits per heavy atom. The molecule has 0 aromatic carbocycles. The number of nitrogens with one attached hydrogen (secondary N) is 2. The highest BCUT2D eigenvalue weighted by molar-refractivity contribution is 5.87. The third-order valence-corrected chi connectivity index (χ3v) is 4.89. The van der Waals surface area contributed by atoms with Crippen molar-refractivity contribution < 1.29 is 18.3 Å². The first-order valence-corrected chi connectivity index (χ1v) is 9.40. The fourth-order valence-electron chi connectivity index (χ4n) is 3.26. The fourth-order valence-corrected chi connectivity index (χ4v) is 3.26. The Labute approximate surface area is 162 Å². The van der Waals surface area contributed by atoms with Crippen molar-refractivity contribution in [1.82, 2.24) is 14.8 Å². The van der Waals surface area contributed by atoms with Gasteiger partial charge in [-0.1, -0.05) is 0 Å². The average molecular weight is 393 g/mol. The number of carbonyl (C=O) groups is 1. The Bertz CT molecular complexity index is 843. The van der Waals surface area contributed by atoms with Crippen LogP contribution in [-0.2, 0) is 4.74 Å². The molecule has 152 valence electrons. The number of esters is 1. The van der Waals surface area contributed by atoms with E-state index in [0.717, 1.165) is 11.3 Å². The number of aromatic nitrogens is 3. The van der Waals surface area contributed by atoms with Gasteiger partial charge in [0.2, 0.25) is 5.92 Å². The van der Waals surface area contributed by atoms with Gasteiger partial charge in [-0.3, -0.25) is 0 Å². The number of carbonyl (C=O) groups excluding carboxylic acids is 1. The zero-order chi connectivity index (χ0) is 20.3. The predicted octanol–water partition coefficient (Wildman–Crippen LogP) is 3.78. The molecule has 0 aliphatic heterocycles. The van der Waals surface area contributed by atoms with Gasteiger partial charge >= 0.3 is 5.97 Å². The van der Waals surface area contributed by atoms with Crippen LogP contribution in [0.5, 0.6) is 0 Å². The van der Waals surface area contributed by atoms with Gasteiger partial charge in [0.25, 0.3) is 0 Å². The molecule has 2 N–H and O–H groups in total. The molecular formula is C19H25F2N5O2. The first-order chi connectivity index (χ1) is 13.3. The molecule has 3 rings (SSSR count). The van der Waals surface area contributed by atoms with Crippen LogP contribution in [0.2, 0.25) is 0 Å². The molecule has 1 aliphatic carbocycles. The molecule has 9 heteroatoms. The third-order valence-electron chi connectivity index (χ3n) is 4.89. The molecule has 0 atom stereocenters. The van der Waals surface area contributed by atoms with Crippen molar-refractivity contribution in [2.45, 2.75) is 51.5 Å². The fraction of sp³-hybridized carbons (Fsp3) is 0.526. The summed E-state index contributed by atoms with van der Waals surface area (Å²) < 4.78 is 33.3. The van der Waals surface area contributed by atoms with Crippen LogP contribution in [0.4, 0.5) is 20.3 Å². The van der Waals surface area contributed by atoms with E-state index in [4.69, 9.17) is 4.74 Å². The maximum absolute atomic E-state index is 13.4. The zero-order valence-electron chi connectivity index (χ0n) is 16.3. The summed E-state index contributed by atoms with van der Waals surface area (Å²) in [6.45, 7) is 3.91. The summed E-state index contributed by atoms with van der Waals surface area (Å²) in [7, 11) is 1.80. The Kier molecular flexibility index (Phi) is 5.81. The Morgan fingerprint density at radius 2 is 2.11 bits per heavy atom. The van der Waals surface area contributed by atoms with E-state index in [0.29, 0.717) is 24.5 Å². The molecule has 0 radical (unpaired) electrons. The molecule has 0 bridgehead atoms. The lowest BCUT2D eigenvalue weighted by atomic mass is 9.92. The number of anilines is 2. The van der Waals surface area contributed by atoms with Gasteiger partial charge < -0.3 is 15.4 Å². The molecule has 2 aromatic heterocycles. The Morgan fingerprint density at radius 3 is 2.75 bits per heavy atom. The monoisotopic (exact) mass is 393 g/mol. The minimum absolute atomic E-state index is 0.0569. The summed E-state index contributed by atoms with van der Waals surface area (Å²) in [5.74, 6) is -1.94. The number of pyridine rings is 1. The minimum Gasteiger partial charge on any atom is -0.461 e. The van der Waals surface area contributed by atoms with Crippen molar-refractivity contribution in [1.29, 1.82) is 0 Å². The number of nitrogens with zero attached hydrogens (tertiary/aromatic N) is 3. The standard InChI is InChI=1S/C19H25F2N5O2/c1-4-28-18(27)14-7-10-26(25-14)16-11-15(22-3)12(2)17(24-16)23-13-5-8-19(20,21)9-6-13/h7,10-11,13H,4-6,8-9H2,1-3H3,(H2,22,23,24). The topological polar surface area (TPSA) is 81.1 Å². The van der Waals surface area contributed by atoms with Gasteiger partial charge in [-0.2, -0.15) is 5.10 Å². The van der Waals surface area contributed by atoms with Gasteiger partial charge in [0.1, 0.15) is 5.82 Å². The molecule has 28 heavy (non-hydrogen) atoms. The van der Waals surface area contributed by atoms with Gasteiger partial charge in [-0.15, -0.1) is 0 Å². The van der Waals surface area contributed by atoms with Gasteiger partial charge in [0.05, 0.1) is 6.61 Å². The van der Waals surface area contributed by atoms with Crippen LogP contribution in [0.15, 0.2) is 18.3 Å². The second kappa shape index (κ2) is 8.12. The lowest BCUT2D eigenvalue weighted by Crippen LogP contribution is -2.32. The van der Waals surface area contributed by atoms with Crippen LogP contribution in [0.1, 0.15) is 48.7 Å². The van der Waals surface area contributed by atoms with E-state index >= 15 is 0 Å². The maximum Gasteiger partial charge on any atom is 0.358 e. The number of rotatable bonds is 6. The highest BCUT2D eigenvalue weighted by Crippen LogP contribution is 2.35. The van der Waals surface area contributed by atoms with Crippen LogP contribution in [-0.4, -0.2) is 46.4 Å². The van der Waals surface area contributed by atoms with Gasteiger partial charge in [-0.25, -0.2) is 23.2 Å². The van der Waals surface area contributed by atoms with Crippen LogP contribution in [0.3, 0.4) is 0 Å². The summed E-state index contributed by atoms with van der Waals surface area (Å²) >= 11 is 0. The van der Waals surface area contributed by atoms with Crippen LogP contribution in [0, 0.1) is 6.92 Å². The smallest absolute Gasteiger partial charge is 0.358 e. The molecule has 0 unspecified atom stereocenters. The molecular weight excluding hydrogens is 368 g/mol. The molecule has 2 aromatic rings. The molecule has 1 saturated carbocycles. The first-order valence-electron chi connectivity index (χ1n) is 9.40. The molecule has 0 saturated heterocycles. The van der Waals surface area contributed by atoms with E-state index in [-0.39, 0.29) is 31.2 Å². The molecule has 7 nitrogen and oxygen atoms in total. The van der Waals surface area contributed by atoms with E-state index < -0.39 is 11.9 Å². The third kappa shape index (κ3) is 4.40. The molecule has 1 fully saturated rings. The van der Waals surface area contributed by atoms with Gasteiger partial charge in [0.15, 0.2) is 11.5 Å². The van der Waals surface area contributed by atoms with Crippen LogP contribution >= 0.6 is 0 Å². The van der Waals surface area contributed by atoms with Gasteiger partial charge in [-0.05, 0) is 32.8 Å². The van der Waals surface area contributed by atoms with Crippen molar-refractivity contribution in [3.8, 4) is 5.82 Å². The maximum atomic E-state index is 13.4. The number of ether oxygens (including phenoxy) is 1. The number of hydrogen-bond acceptors (Lipinski definition) is 6. The first kappa shape index (κ1) is 20.0.